The number of hydrogen-bond acceptors (Lipinski definition) is 9. The lowest BCUT2D eigenvalue weighted by molar-refractivity contribution is -0.384. The number of aliphatic hydroxyl groups is 1. The van der Waals surface area contributed by atoms with Gasteiger partial charge in [-0.1, -0.05) is 6.42 Å². The second-order valence-corrected chi connectivity index (χ2v) is 8.41. The van der Waals surface area contributed by atoms with Gasteiger partial charge in [0.05, 0.1) is 9.80 Å². The third-order valence-corrected chi connectivity index (χ3v) is 6.40. The Hall–Kier alpha value is -2.82. The number of hydrogen-bond donors (Lipinski definition) is 1. The van der Waals surface area contributed by atoms with Gasteiger partial charge in [-0.15, -0.1) is 22.7 Å². The summed E-state index contributed by atoms with van der Waals surface area (Å²) in [5.41, 5.74) is 1.01. The maximum Gasteiger partial charge on any atom is 0.269 e. The lowest BCUT2D eigenvalue weighted by Gasteiger charge is -2.03. The normalized spacial score (nSPS) is 10.8. The number of unbranched alkanes of at least 4 members (excludes halogenated alkanes) is 2. The number of benzene rings is 1. The van der Waals surface area contributed by atoms with E-state index in [1.54, 1.807) is 18.3 Å². The zero-order valence-corrected chi connectivity index (χ0v) is 17.6. The summed E-state index contributed by atoms with van der Waals surface area (Å²) in [6.45, 7) is -0.449. The summed E-state index contributed by atoms with van der Waals surface area (Å²) in [6.07, 6.45) is 4.21. The number of nitro groups is 1. The van der Waals surface area contributed by atoms with Crippen LogP contribution in [0.5, 0.6) is 0 Å². The highest BCUT2D eigenvalue weighted by Gasteiger charge is 2.21. The Balaban J connectivity index is 1.79. The minimum absolute atomic E-state index is 0.0197. The van der Waals surface area contributed by atoms with Gasteiger partial charge in [-0.05, 0) is 30.5 Å². The van der Waals surface area contributed by atoms with Crippen LogP contribution in [-0.2, 0) is 4.79 Å². The monoisotopic (exact) mass is 445 g/mol. The summed E-state index contributed by atoms with van der Waals surface area (Å²) in [4.78, 5) is 43.9. The molecule has 1 aromatic carbocycles. The molecule has 0 bridgehead atoms. The number of rotatable bonds is 11. The molecule has 0 spiro atoms. The average molecular weight is 446 g/mol. The van der Waals surface area contributed by atoms with E-state index in [1.807, 2.05) is 5.38 Å². The van der Waals surface area contributed by atoms with Crippen molar-refractivity contribution in [3.05, 3.63) is 51.7 Å². The minimum Gasteiger partial charge on any atom is -0.389 e. The van der Waals surface area contributed by atoms with Crippen LogP contribution in [0.25, 0.3) is 20.5 Å². The van der Waals surface area contributed by atoms with Crippen LogP contribution >= 0.6 is 22.7 Å². The smallest absolute Gasteiger partial charge is 0.269 e. The van der Waals surface area contributed by atoms with E-state index in [2.05, 4.69) is 9.97 Å². The second-order valence-electron chi connectivity index (χ2n) is 6.52. The third-order valence-electron chi connectivity index (χ3n) is 4.38. The van der Waals surface area contributed by atoms with E-state index in [4.69, 9.17) is 5.11 Å². The molecule has 30 heavy (non-hydrogen) atoms. The van der Waals surface area contributed by atoms with E-state index in [9.17, 15) is 19.7 Å². The fourth-order valence-electron chi connectivity index (χ4n) is 2.84. The van der Waals surface area contributed by atoms with Crippen LogP contribution in [0.15, 0.2) is 35.8 Å². The topological polar surface area (TPSA) is 123 Å². The van der Waals surface area contributed by atoms with Crippen molar-refractivity contribution in [2.45, 2.75) is 32.1 Å². The highest BCUT2D eigenvalue weighted by Crippen LogP contribution is 2.37. The molecule has 0 unspecified atom stereocenters. The molecule has 1 N–H and O–H groups in total. The van der Waals surface area contributed by atoms with Crippen molar-refractivity contribution in [1.82, 2.24) is 9.97 Å². The summed E-state index contributed by atoms with van der Waals surface area (Å²) in [7, 11) is 0. The first-order chi connectivity index (χ1) is 14.5. The molecule has 2 heterocycles. The van der Waals surface area contributed by atoms with E-state index in [1.165, 1.54) is 34.8 Å². The molecule has 3 aromatic rings. The first kappa shape index (κ1) is 21.9. The number of ketones is 2. The predicted octanol–water partition coefficient (Wildman–Crippen LogP) is 4.54. The number of carbonyl (C=O) groups is 2. The first-order valence-electron chi connectivity index (χ1n) is 9.31. The number of aromatic nitrogens is 2. The maximum absolute atomic E-state index is 12.9. The largest absolute Gasteiger partial charge is 0.389 e. The van der Waals surface area contributed by atoms with Crippen molar-refractivity contribution in [2.24, 2.45) is 0 Å². The van der Waals surface area contributed by atoms with Gasteiger partial charge in [-0.25, -0.2) is 9.97 Å². The fraction of sp³-hybridized carbons (Fsp3) is 0.300. The van der Waals surface area contributed by atoms with Crippen LogP contribution in [0.4, 0.5) is 5.69 Å². The summed E-state index contributed by atoms with van der Waals surface area (Å²) >= 11 is 2.76. The number of nitrogens with zero attached hydrogens (tertiary/aromatic N) is 3. The van der Waals surface area contributed by atoms with Crippen LogP contribution in [0.2, 0.25) is 0 Å². The van der Waals surface area contributed by atoms with E-state index < -0.39 is 11.5 Å². The van der Waals surface area contributed by atoms with Gasteiger partial charge in [0.25, 0.3) is 5.69 Å². The Morgan fingerprint density at radius 2 is 1.80 bits per heavy atom. The Morgan fingerprint density at radius 3 is 2.43 bits per heavy atom. The number of nitro benzene ring substituents is 1. The third kappa shape index (κ3) is 5.41. The number of aliphatic hydroxyl groups excluding tert-OH is 1. The quantitative estimate of drug-likeness (QED) is 0.199. The lowest BCUT2D eigenvalue weighted by atomic mass is 10.0. The van der Waals surface area contributed by atoms with Crippen molar-refractivity contribution >= 4 is 39.9 Å². The first-order valence-corrected chi connectivity index (χ1v) is 11.0. The van der Waals surface area contributed by atoms with Gasteiger partial charge in [-0.2, -0.15) is 0 Å². The zero-order valence-electron chi connectivity index (χ0n) is 15.9. The van der Waals surface area contributed by atoms with Gasteiger partial charge in [0.2, 0.25) is 0 Å². The summed E-state index contributed by atoms with van der Waals surface area (Å²) in [5, 5.41) is 22.8. The van der Waals surface area contributed by atoms with Crippen LogP contribution in [0.3, 0.4) is 0 Å². The number of non-ortho nitro benzene ring substituents is 1. The van der Waals surface area contributed by atoms with Gasteiger partial charge in [0.1, 0.15) is 12.3 Å². The van der Waals surface area contributed by atoms with Crippen molar-refractivity contribution in [3.63, 3.8) is 0 Å². The Bertz CT molecular complexity index is 1030. The molecular weight excluding hydrogens is 426 g/mol. The molecule has 0 aliphatic carbocycles. The highest BCUT2D eigenvalue weighted by molar-refractivity contribution is 7.22. The minimum atomic E-state index is -0.467. The van der Waals surface area contributed by atoms with Crippen LogP contribution in [0, 0.1) is 10.1 Å². The van der Waals surface area contributed by atoms with E-state index >= 15 is 0 Å². The van der Waals surface area contributed by atoms with E-state index in [0.717, 1.165) is 0 Å². The Labute approximate surface area is 180 Å². The number of thiazole rings is 2. The van der Waals surface area contributed by atoms with Crippen molar-refractivity contribution in [1.29, 1.82) is 0 Å². The molecule has 8 nitrogen and oxygen atoms in total. The summed E-state index contributed by atoms with van der Waals surface area (Å²) in [5.74, 6) is -0.315. The maximum atomic E-state index is 12.9. The van der Waals surface area contributed by atoms with Crippen molar-refractivity contribution in [3.8, 4) is 20.5 Å². The molecular formula is C20H19N3O5S2. The second kappa shape index (κ2) is 10.3. The van der Waals surface area contributed by atoms with Crippen molar-refractivity contribution < 1.29 is 19.6 Å². The molecule has 0 saturated carbocycles. The van der Waals surface area contributed by atoms with Gasteiger partial charge in [0.15, 0.2) is 21.6 Å². The van der Waals surface area contributed by atoms with Crippen molar-refractivity contribution in [2.75, 3.05) is 6.61 Å². The average Bonchev–Trinajstić information content (AvgIpc) is 3.43. The molecule has 0 radical (unpaired) electrons. The van der Waals surface area contributed by atoms with Crippen LogP contribution in [0.1, 0.15) is 42.6 Å². The fourth-order valence-corrected chi connectivity index (χ4v) is 4.61. The standard InChI is InChI=1S/C20H19N3O5S2/c24-12-15(25)4-2-1-3-5-16(26)17-18(13-6-8-14(9-7-13)23(27)28)30-20(22-17)19-21-10-11-29-19/h6-11,24H,1-5,12H2. The molecule has 0 fully saturated rings. The van der Waals surface area contributed by atoms with E-state index in [-0.39, 0.29) is 23.7 Å². The Kier molecular flexibility index (Phi) is 7.50. The predicted molar refractivity (Wildman–Crippen MR) is 115 cm³/mol. The number of carbonyl (C=O) groups excluding carboxylic acids is 2. The van der Waals surface area contributed by atoms with Gasteiger partial charge in [-0.3, -0.25) is 19.7 Å². The van der Waals surface area contributed by atoms with Gasteiger partial charge >= 0.3 is 0 Å². The Morgan fingerprint density at radius 1 is 1.07 bits per heavy atom. The molecule has 10 heteroatoms. The highest BCUT2D eigenvalue weighted by atomic mass is 32.1. The molecule has 0 aliphatic rings. The molecule has 3 rings (SSSR count). The molecule has 0 atom stereocenters. The molecule has 156 valence electrons. The van der Waals surface area contributed by atoms with E-state index in [0.29, 0.717) is 51.8 Å². The summed E-state index contributed by atoms with van der Waals surface area (Å²) < 4.78 is 0. The molecule has 2 aromatic heterocycles. The molecule has 0 amide bonds. The lowest BCUT2D eigenvalue weighted by Crippen LogP contribution is -2.04. The summed E-state index contributed by atoms with van der Waals surface area (Å²) in [6, 6.07) is 6.05. The zero-order chi connectivity index (χ0) is 21.5. The number of Topliss-reactive ketones (excluding diaryl/α,β-unsaturated/α-hetero) is 2. The van der Waals surface area contributed by atoms with Gasteiger partial charge in [0, 0.05) is 36.6 Å². The SMILES string of the molecule is O=C(CO)CCCCCC(=O)c1nc(-c2nccs2)sc1-c1ccc([N+](=O)[O-])cc1. The van der Waals surface area contributed by atoms with Gasteiger partial charge < -0.3 is 5.11 Å². The molecule has 0 saturated heterocycles. The van der Waals surface area contributed by atoms with Crippen LogP contribution in [-0.4, -0.2) is 38.2 Å². The van der Waals surface area contributed by atoms with Crippen LogP contribution < -0.4 is 0 Å². The molecule has 0 aliphatic heterocycles.